The summed E-state index contributed by atoms with van der Waals surface area (Å²) in [6.45, 7) is 2.62. The molecule has 0 saturated carbocycles. The van der Waals surface area contributed by atoms with E-state index in [9.17, 15) is 0 Å². The molecule has 1 saturated heterocycles. The molecule has 140 valence electrons. The molecule has 1 N–H and O–H groups in total. The van der Waals surface area contributed by atoms with Crippen molar-refractivity contribution < 1.29 is 18.9 Å². The fraction of sp³-hybridized carbons (Fsp3) is 0.526. The Morgan fingerprint density at radius 3 is 2.96 bits per heavy atom. The minimum Gasteiger partial charge on any atom is -0.493 e. The van der Waals surface area contributed by atoms with Crippen molar-refractivity contribution in [2.45, 2.75) is 31.5 Å². The number of methoxy groups -OCH3 is 1. The van der Waals surface area contributed by atoms with Gasteiger partial charge in [0.15, 0.2) is 11.5 Å². The first-order chi connectivity index (χ1) is 12.7. The van der Waals surface area contributed by atoms with Crippen molar-refractivity contribution in [3.05, 3.63) is 35.9 Å². The van der Waals surface area contributed by atoms with Gasteiger partial charge in [-0.2, -0.15) is 0 Å². The molecule has 0 radical (unpaired) electrons. The van der Waals surface area contributed by atoms with E-state index in [0.717, 1.165) is 48.7 Å². The van der Waals surface area contributed by atoms with Crippen molar-refractivity contribution in [3.63, 3.8) is 0 Å². The molecule has 0 amide bonds. The first-order valence-corrected chi connectivity index (χ1v) is 9.02. The van der Waals surface area contributed by atoms with Gasteiger partial charge in [0, 0.05) is 26.2 Å². The standard InChI is InChI=1S/C19H25N3O4/c1-22-12-20-11-15(22)16-9-14(3-4-24-16)21-10-13-7-17(23-2)19-18(8-13)25-5-6-26-19/h7-8,11-12,14,16,21H,3-6,9-10H2,1-2H3/t14-,16+/m1/s1. The number of fused-ring (bicyclic) bond motifs is 1. The number of aryl methyl sites for hydroxylation is 1. The van der Waals surface area contributed by atoms with Crippen LogP contribution in [0.25, 0.3) is 0 Å². The summed E-state index contributed by atoms with van der Waals surface area (Å²) in [6, 6.07) is 4.43. The van der Waals surface area contributed by atoms with E-state index in [1.54, 1.807) is 7.11 Å². The monoisotopic (exact) mass is 359 g/mol. The summed E-state index contributed by atoms with van der Waals surface area (Å²) in [5.74, 6) is 2.18. The molecule has 0 bridgehead atoms. The first-order valence-electron chi connectivity index (χ1n) is 9.02. The third kappa shape index (κ3) is 3.50. The van der Waals surface area contributed by atoms with Crippen molar-refractivity contribution in [2.75, 3.05) is 26.9 Å². The van der Waals surface area contributed by atoms with E-state index in [1.807, 2.05) is 36.3 Å². The van der Waals surface area contributed by atoms with E-state index in [4.69, 9.17) is 18.9 Å². The van der Waals surface area contributed by atoms with Gasteiger partial charge in [0.25, 0.3) is 0 Å². The van der Waals surface area contributed by atoms with E-state index >= 15 is 0 Å². The normalized spacial score (nSPS) is 22.2. The number of aromatic nitrogens is 2. The predicted molar refractivity (Wildman–Crippen MR) is 95.7 cm³/mol. The van der Waals surface area contributed by atoms with Gasteiger partial charge < -0.3 is 28.8 Å². The molecule has 0 unspecified atom stereocenters. The quantitative estimate of drug-likeness (QED) is 0.883. The maximum atomic E-state index is 5.94. The summed E-state index contributed by atoms with van der Waals surface area (Å²) in [7, 11) is 3.66. The molecule has 2 aliphatic heterocycles. The van der Waals surface area contributed by atoms with Gasteiger partial charge >= 0.3 is 0 Å². The number of benzene rings is 1. The SMILES string of the molecule is COc1cc(CN[C@@H]2CCO[C@H](c3cncn3C)C2)cc2c1OCCO2. The van der Waals surface area contributed by atoms with Crippen LogP contribution in [-0.4, -0.2) is 42.5 Å². The molecule has 1 fully saturated rings. The Kier molecular flexibility index (Phi) is 4.99. The van der Waals surface area contributed by atoms with Crippen LogP contribution >= 0.6 is 0 Å². The van der Waals surface area contributed by atoms with Crippen LogP contribution < -0.4 is 19.5 Å². The van der Waals surface area contributed by atoms with Crippen LogP contribution in [0.1, 0.15) is 30.2 Å². The molecule has 0 spiro atoms. The number of hydrogen-bond donors (Lipinski definition) is 1. The van der Waals surface area contributed by atoms with E-state index < -0.39 is 0 Å². The highest BCUT2D eigenvalue weighted by atomic mass is 16.6. The molecule has 0 aliphatic carbocycles. The summed E-state index contributed by atoms with van der Waals surface area (Å²) in [5, 5.41) is 3.65. The summed E-state index contributed by atoms with van der Waals surface area (Å²) in [6.07, 6.45) is 5.72. The summed E-state index contributed by atoms with van der Waals surface area (Å²) >= 11 is 0. The number of nitrogens with one attached hydrogen (secondary N) is 1. The molecule has 3 heterocycles. The lowest BCUT2D eigenvalue weighted by Crippen LogP contribution is -2.36. The molecule has 2 aliphatic rings. The maximum Gasteiger partial charge on any atom is 0.203 e. The molecule has 2 aromatic rings. The Labute approximate surface area is 153 Å². The summed E-state index contributed by atoms with van der Waals surface area (Å²) < 4.78 is 24.8. The zero-order valence-corrected chi connectivity index (χ0v) is 15.2. The van der Waals surface area contributed by atoms with Crippen molar-refractivity contribution in [2.24, 2.45) is 7.05 Å². The van der Waals surface area contributed by atoms with E-state index in [0.29, 0.717) is 25.0 Å². The highest BCUT2D eigenvalue weighted by Crippen LogP contribution is 2.40. The number of hydrogen-bond acceptors (Lipinski definition) is 6. The average molecular weight is 359 g/mol. The molecule has 26 heavy (non-hydrogen) atoms. The van der Waals surface area contributed by atoms with E-state index in [2.05, 4.69) is 10.3 Å². The van der Waals surface area contributed by atoms with Gasteiger partial charge in [-0.3, -0.25) is 0 Å². The minimum atomic E-state index is 0.0866. The zero-order chi connectivity index (χ0) is 17.9. The lowest BCUT2D eigenvalue weighted by molar-refractivity contribution is -0.00405. The Morgan fingerprint density at radius 1 is 1.27 bits per heavy atom. The van der Waals surface area contributed by atoms with E-state index in [-0.39, 0.29) is 6.10 Å². The van der Waals surface area contributed by atoms with Crippen LogP contribution in [0.5, 0.6) is 17.2 Å². The van der Waals surface area contributed by atoms with Crippen molar-refractivity contribution in [3.8, 4) is 17.2 Å². The van der Waals surface area contributed by atoms with Gasteiger partial charge in [-0.1, -0.05) is 0 Å². The number of ether oxygens (including phenoxy) is 4. The Bertz CT molecular complexity index is 744. The molecule has 2 atom stereocenters. The van der Waals surface area contributed by atoms with Crippen LogP contribution in [0.4, 0.5) is 0 Å². The van der Waals surface area contributed by atoms with Crippen LogP contribution in [-0.2, 0) is 18.3 Å². The molecular weight excluding hydrogens is 334 g/mol. The average Bonchev–Trinajstić information content (AvgIpc) is 3.12. The fourth-order valence-electron chi connectivity index (χ4n) is 3.56. The fourth-order valence-corrected chi connectivity index (χ4v) is 3.56. The highest BCUT2D eigenvalue weighted by Gasteiger charge is 2.26. The smallest absolute Gasteiger partial charge is 0.203 e. The molecule has 1 aromatic heterocycles. The third-order valence-electron chi connectivity index (χ3n) is 4.95. The van der Waals surface area contributed by atoms with Crippen LogP contribution in [0.15, 0.2) is 24.7 Å². The number of rotatable bonds is 5. The van der Waals surface area contributed by atoms with Crippen LogP contribution in [0.3, 0.4) is 0 Å². The molecule has 7 nitrogen and oxygen atoms in total. The largest absolute Gasteiger partial charge is 0.493 e. The molecule has 1 aromatic carbocycles. The van der Waals surface area contributed by atoms with Crippen molar-refractivity contribution in [1.82, 2.24) is 14.9 Å². The van der Waals surface area contributed by atoms with Gasteiger partial charge in [-0.25, -0.2) is 4.98 Å². The number of imidazole rings is 1. The minimum absolute atomic E-state index is 0.0866. The zero-order valence-electron chi connectivity index (χ0n) is 15.2. The first kappa shape index (κ1) is 17.2. The second-order valence-corrected chi connectivity index (χ2v) is 6.71. The summed E-state index contributed by atoms with van der Waals surface area (Å²) in [5.41, 5.74) is 2.24. The van der Waals surface area contributed by atoms with Crippen molar-refractivity contribution >= 4 is 0 Å². The molecular formula is C19H25N3O4. The Morgan fingerprint density at radius 2 is 2.15 bits per heavy atom. The van der Waals surface area contributed by atoms with Crippen molar-refractivity contribution in [1.29, 1.82) is 0 Å². The summed E-state index contributed by atoms with van der Waals surface area (Å²) in [4.78, 5) is 4.20. The highest BCUT2D eigenvalue weighted by molar-refractivity contribution is 5.54. The maximum absolute atomic E-state index is 5.94. The topological polar surface area (TPSA) is 66.8 Å². The van der Waals surface area contributed by atoms with Gasteiger partial charge in [0.2, 0.25) is 5.75 Å². The third-order valence-corrected chi connectivity index (χ3v) is 4.95. The predicted octanol–water partition coefficient (Wildman–Crippen LogP) is 2.21. The van der Waals surface area contributed by atoms with E-state index in [1.165, 1.54) is 0 Å². The molecule has 7 heteroatoms. The van der Waals surface area contributed by atoms with Crippen LogP contribution in [0.2, 0.25) is 0 Å². The van der Waals surface area contributed by atoms with Gasteiger partial charge in [0.05, 0.1) is 25.3 Å². The lowest BCUT2D eigenvalue weighted by atomic mass is 10.0. The second kappa shape index (κ2) is 7.55. The number of nitrogens with zero attached hydrogens (tertiary/aromatic N) is 2. The van der Waals surface area contributed by atoms with Gasteiger partial charge in [-0.05, 0) is 30.5 Å². The van der Waals surface area contributed by atoms with Crippen LogP contribution in [0, 0.1) is 0 Å². The second-order valence-electron chi connectivity index (χ2n) is 6.71. The Balaban J connectivity index is 1.41. The van der Waals surface area contributed by atoms with Gasteiger partial charge in [-0.15, -0.1) is 0 Å². The lowest BCUT2D eigenvalue weighted by Gasteiger charge is -2.30. The van der Waals surface area contributed by atoms with Gasteiger partial charge in [0.1, 0.15) is 19.3 Å². The Hall–Kier alpha value is -2.25. The molecule has 4 rings (SSSR count).